The van der Waals surface area contributed by atoms with E-state index in [9.17, 15) is 0 Å². The summed E-state index contributed by atoms with van der Waals surface area (Å²) in [4.78, 5) is 11.3. The molecule has 16 heavy (non-hydrogen) atoms. The smallest absolute Gasteiger partial charge is 0.162 e. The van der Waals surface area contributed by atoms with E-state index in [0.717, 1.165) is 23.5 Å². The summed E-state index contributed by atoms with van der Waals surface area (Å²) < 4.78 is 0. The number of thiophene rings is 1. The van der Waals surface area contributed by atoms with Gasteiger partial charge in [0.05, 0.1) is 0 Å². The van der Waals surface area contributed by atoms with Crippen LogP contribution < -0.4 is 0 Å². The molecule has 0 fully saturated rings. The summed E-state index contributed by atoms with van der Waals surface area (Å²) in [6.45, 7) is 6.24. The molecular formula is C12H13ClN2S. The van der Waals surface area contributed by atoms with Crippen molar-refractivity contribution in [1.82, 2.24) is 9.97 Å². The highest BCUT2D eigenvalue weighted by atomic mass is 35.5. The highest BCUT2D eigenvalue weighted by Gasteiger charge is 2.10. The number of halogens is 1. The molecule has 0 saturated heterocycles. The molecule has 0 saturated carbocycles. The molecule has 0 atom stereocenters. The van der Waals surface area contributed by atoms with Crippen molar-refractivity contribution in [2.24, 2.45) is 0 Å². The Labute approximate surface area is 104 Å². The van der Waals surface area contributed by atoms with E-state index in [1.807, 2.05) is 6.07 Å². The summed E-state index contributed by atoms with van der Waals surface area (Å²) in [5.41, 5.74) is 2.08. The van der Waals surface area contributed by atoms with Gasteiger partial charge >= 0.3 is 0 Å². The molecule has 0 aromatic carbocycles. The van der Waals surface area contributed by atoms with Crippen LogP contribution in [0, 0.1) is 13.8 Å². The first-order valence-electron chi connectivity index (χ1n) is 5.21. The number of aromatic nitrogens is 2. The second-order valence-electron chi connectivity index (χ2n) is 3.69. The molecule has 0 N–H and O–H groups in total. The van der Waals surface area contributed by atoms with Gasteiger partial charge in [0.25, 0.3) is 0 Å². The second kappa shape index (κ2) is 4.52. The third-order valence-electron chi connectivity index (χ3n) is 2.39. The number of hydrogen-bond acceptors (Lipinski definition) is 3. The van der Waals surface area contributed by atoms with E-state index in [1.54, 1.807) is 11.3 Å². The molecule has 2 nitrogen and oxygen atoms in total. The third-order valence-corrected chi connectivity index (χ3v) is 3.55. The van der Waals surface area contributed by atoms with Crippen LogP contribution in [-0.4, -0.2) is 9.97 Å². The van der Waals surface area contributed by atoms with E-state index >= 15 is 0 Å². The van der Waals surface area contributed by atoms with Crippen molar-refractivity contribution >= 4 is 22.9 Å². The van der Waals surface area contributed by atoms with Gasteiger partial charge in [-0.1, -0.05) is 18.5 Å². The van der Waals surface area contributed by atoms with Crippen molar-refractivity contribution in [3.05, 3.63) is 32.7 Å². The molecule has 2 aromatic heterocycles. The van der Waals surface area contributed by atoms with Gasteiger partial charge in [-0.15, -0.1) is 11.3 Å². The minimum absolute atomic E-state index is 0.519. The maximum Gasteiger partial charge on any atom is 0.162 e. The zero-order chi connectivity index (χ0) is 11.7. The largest absolute Gasteiger partial charge is 0.233 e. The Morgan fingerprint density at radius 2 is 2.00 bits per heavy atom. The Morgan fingerprint density at radius 3 is 2.56 bits per heavy atom. The van der Waals surface area contributed by atoms with Crippen molar-refractivity contribution in [2.45, 2.75) is 27.2 Å². The third kappa shape index (κ3) is 2.25. The van der Waals surface area contributed by atoms with Gasteiger partial charge in [0.2, 0.25) is 0 Å². The maximum atomic E-state index is 5.99. The molecule has 0 spiro atoms. The monoisotopic (exact) mass is 252 g/mol. The van der Waals surface area contributed by atoms with Crippen LogP contribution in [0.3, 0.4) is 0 Å². The Balaban J connectivity index is 2.55. The summed E-state index contributed by atoms with van der Waals surface area (Å²) in [5.74, 6) is 0.742. The molecule has 0 unspecified atom stereocenters. The number of hydrogen-bond donors (Lipinski definition) is 0. The van der Waals surface area contributed by atoms with Gasteiger partial charge in [-0.3, -0.25) is 0 Å². The van der Waals surface area contributed by atoms with E-state index < -0.39 is 0 Å². The summed E-state index contributed by atoms with van der Waals surface area (Å²) in [7, 11) is 0. The summed E-state index contributed by atoms with van der Waals surface area (Å²) in [6.07, 6.45) is 0.872. The Kier molecular flexibility index (Phi) is 3.26. The van der Waals surface area contributed by atoms with Crippen molar-refractivity contribution in [3.8, 4) is 11.4 Å². The molecule has 0 bridgehead atoms. The van der Waals surface area contributed by atoms with Gasteiger partial charge in [-0.25, -0.2) is 9.97 Å². The number of rotatable bonds is 2. The summed E-state index contributed by atoms with van der Waals surface area (Å²) >= 11 is 7.75. The number of nitrogens with zero attached hydrogens (tertiary/aromatic N) is 2. The van der Waals surface area contributed by atoms with Gasteiger partial charge in [0, 0.05) is 21.0 Å². The molecular weight excluding hydrogens is 240 g/mol. The van der Waals surface area contributed by atoms with E-state index in [0.29, 0.717) is 5.15 Å². The fourth-order valence-electron chi connectivity index (χ4n) is 1.62. The minimum atomic E-state index is 0.519. The molecule has 4 heteroatoms. The lowest BCUT2D eigenvalue weighted by Crippen LogP contribution is -1.94. The predicted molar refractivity (Wildman–Crippen MR) is 69.2 cm³/mol. The summed E-state index contributed by atoms with van der Waals surface area (Å²) in [6, 6.07) is 3.94. The van der Waals surface area contributed by atoms with E-state index in [-0.39, 0.29) is 0 Å². The average molecular weight is 253 g/mol. The molecule has 2 heterocycles. The van der Waals surface area contributed by atoms with Crippen molar-refractivity contribution in [3.63, 3.8) is 0 Å². The lowest BCUT2D eigenvalue weighted by Gasteiger charge is -2.02. The van der Waals surface area contributed by atoms with Crippen LogP contribution in [0.4, 0.5) is 0 Å². The Bertz CT molecular complexity index is 520. The lowest BCUT2D eigenvalue weighted by atomic mass is 10.2. The topological polar surface area (TPSA) is 25.8 Å². The van der Waals surface area contributed by atoms with Crippen LogP contribution in [0.15, 0.2) is 12.1 Å². The van der Waals surface area contributed by atoms with Crippen molar-refractivity contribution < 1.29 is 0 Å². The highest BCUT2D eigenvalue weighted by Crippen LogP contribution is 2.29. The van der Waals surface area contributed by atoms with Crippen molar-refractivity contribution in [1.29, 1.82) is 0 Å². The van der Waals surface area contributed by atoms with Gasteiger partial charge in [0.1, 0.15) is 5.15 Å². The van der Waals surface area contributed by atoms with Crippen LogP contribution in [0.1, 0.15) is 22.4 Å². The zero-order valence-corrected chi connectivity index (χ0v) is 11.1. The van der Waals surface area contributed by atoms with Crippen molar-refractivity contribution in [2.75, 3.05) is 0 Å². The normalized spacial score (nSPS) is 10.8. The Morgan fingerprint density at radius 1 is 1.25 bits per heavy atom. The Hall–Kier alpha value is -0.930. The van der Waals surface area contributed by atoms with Gasteiger partial charge in [0.15, 0.2) is 5.82 Å². The van der Waals surface area contributed by atoms with Crippen LogP contribution in [0.2, 0.25) is 5.15 Å². The fraction of sp³-hybridized carbons (Fsp3) is 0.333. The predicted octanol–water partition coefficient (Wildman–Crippen LogP) is 4.04. The summed E-state index contributed by atoms with van der Waals surface area (Å²) in [5, 5.41) is 0.519. The first-order valence-corrected chi connectivity index (χ1v) is 6.40. The highest BCUT2D eigenvalue weighted by molar-refractivity contribution is 7.12. The van der Waals surface area contributed by atoms with E-state index in [2.05, 4.69) is 36.8 Å². The second-order valence-corrected chi connectivity index (χ2v) is 5.53. The van der Waals surface area contributed by atoms with Crippen LogP contribution >= 0.6 is 22.9 Å². The molecule has 2 aromatic rings. The van der Waals surface area contributed by atoms with Crippen LogP contribution in [-0.2, 0) is 6.42 Å². The fourth-order valence-corrected chi connectivity index (χ4v) is 2.74. The molecule has 0 amide bonds. The van der Waals surface area contributed by atoms with Crippen LogP contribution in [0.5, 0.6) is 0 Å². The zero-order valence-electron chi connectivity index (χ0n) is 9.54. The lowest BCUT2D eigenvalue weighted by molar-refractivity contribution is 1.00. The standard InChI is InChI=1S/C12H13ClN2S/c1-4-9-6-11(13)15-12(14-9)10-5-7(2)16-8(10)3/h5-6H,4H2,1-3H3. The molecule has 84 valence electrons. The van der Waals surface area contributed by atoms with E-state index in [4.69, 9.17) is 11.6 Å². The van der Waals surface area contributed by atoms with Crippen LogP contribution in [0.25, 0.3) is 11.4 Å². The average Bonchev–Trinajstić information content (AvgIpc) is 2.57. The van der Waals surface area contributed by atoms with Gasteiger partial charge in [-0.2, -0.15) is 0 Å². The minimum Gasteiger partial charge on any atom is -0.233 e. The van der Waals surface area contributed by atoms with E-state index in [1.165, 1.54) is 9.75 Å². The molecule has 0 aliphatic heterocycles. The van der Waals surface area contributed by atoms with Gasteiger partial charge < -0.3 is 0 Å². The first kappa shape index (κ1) is 11.6. The SMILES string of the molecule is CCc1cc(Cl)nc(-c2cc(C)sc2C)n1. The first-order chi connectivity index (χ1) is 7.60. The quantitative estimate of drug-likeness (QED) is 0.754. The number of aryl methyl sites for hydroxylation is 3. The molecule has 0 aliphatic rings. The molecule has 0 radical (unpaired) electrons. The molecule has 2 rings (SSSR count). The maximum absolute atomic E-state index is 5.99. The van der Waals surface area contributed by atoms with Gasteiger partial charge in [-0.05, 0) is 32.4 Å². The molecule has 0 aliphatic carbocycles.